The third-order valence-corrected chi connectivity index (χ3v) is 7.67. The molecule has 0 saturated carbocycles. The number of hydrogen-bond donors (Lipinski definition) is 0. The molecule has 0 aliphatic carbocycles. The highest BCUT2D eigenvalue weighted by Crippen LogP contribution is 2.47. The Kier molecular flexibility index (Phi) is 3.50. The van der Waals surface area contributed by atoms with Gasteiger partial charge in [-0.25, -0.2) is 13.4 Å². The van der Waals surface area contributed by atoms with Gasteiger partial charge in [0.25, 0.3) is 0 Å². The molecule has 5 nitrogen and oxygen atoms in total. The summed E-state index contributed by atoms with van der Waals surface area (Å²) in [4.78, 5) is 4.68. The quantitative estimate of drug-likeness (QED) is 0.679. The van der Waals surface area contributed by atoms with E-state index in [2.05, 4.69) is 21.7 Å². The smallest absolute Gasteiger partial charge is 0.244 e. The fourth-order valence-corrected chi connectivity index (χ4v) is 6.13. The van der Waals surface area contributed by atoms with Crippen molar-refractivity contribution in [2.24, 2.45) is 0 Å². The van der Waals surface area contributed by atoms with Gasteiger partial charge in [-0.1, -0.05) is 41.9 Å². The van der Waals surface area contributed by atoms with E-state index in [1.807, 2.05) is 18.3 Å². The van der Waals surface area contributed by atoms with Crippen LogP contribution in [0.3, 0.4) is 0 Å². The summed E-state index contributed by atoms with van der Waals surface area (Å²) in [5, 5.41) is 0.254. The Hall–Kier alpha value is -2.15. The predicted molar refractivity (Wildman–Crippen MR) is 99.3 cm³/mol. The predicted octanol–water partition coefficient (Wildman–Crippen LogP) is 3.41. The SMILES string of the molecule is O=S(=O)(c1ccccc1Cl)N1C[C@@H]2c3nccn3-c3ccccc3[C@@H]2C1. The second kappa shape index (κ2) is 5.67. The lowest BCUT2D eigenvalue weighted by Crippen LogP contribution is -2.29. The Balaban J connectivity index is 1.60. The maximum atomic E-state index is 13.2. The van der Waals surface area contributed by atoms with Gasteiger partial charge in [0.15, 0.2) is 0 Å². The van der Waals surface area contributed by atoms with Crippen molar-refractivity contribution in [3.8, 4) is 5.69 Å². The lowest BCUT2D eigenvalue weighted by Gasteiger charge is -2.28. The Labute approximate surface area is 156 Å². The summed E-state index contributed by atoms with van der Waals surface area (Å²) in [5.74, 6) is 1.06. The summed E-state index contributed by atoms with van der Waals surface area (Å²) in [6.07, 6.45) is 3.72. The zero-order valence-corrected chi connectivity index (χ0v) is 15.4. The summed E-state index contributed by atoms with van der Waals surface area (Å²) in [7, 11) is -3.65. The minimum Gasteiger partial charge on any atom is -0.303 e. The Morgan fingerprint density at radius 3 is 2.58 bits per heavy atom. The lowest BCUT2D eigenvalue weighted by molar-refractivity contribution is 0.470. The number of aromatic nitrogens is 2. The van der Waals surface area contributed by atoms with Crippen LogP contribution in [0, 0.1) is 0 Å². The molecular weight excluding hydrogens is 370 g/mol. The van der Waals surface area contributed by atoms with E-state index in [-0.39, 0.29) is 21.8 Å². The lowest BCUT2D eigenvalue weighted by atomic mass is 9.84. The van der Waals surface area contributed by atoms with E-state index in [4.69, 9.17) is 11.6 Å². The van der Waals surface area contributed by atoms with E-state index in [9.17, 15) is 8.42 Å². The highest BCUT2D eigenvalue weighted by atomic mass is 35.5. The van der Waals surface area contributed by atoms with Gasteiger partial charge >= 0.3 is 0 Å². The summed E-state index contributed by atoms with van der Waals surface area (Å²) >= 11 is 6.16. The highest BCUT2D eigenvalue weighted by Gasteiger charge is 2.45. The molecule has 0 radical (unpaired) electrons. The molecule has 0 amide bonds. The van der Waals surface area contributed by atoms with Crippen molar-refractivity contribution in [3.05, 3.63) is 77.3 Å². The van der Waals surface area contributed by atoms with E-state index in [0.29, 0.717) is 13.1 Å². The van der Waals surface area contributed by atoms with E-state index < -0.39 is 10.0 Å². The monoisotopic (exact) mass is 385 g/mol. The molecule has 2 aromatic carbocycles. The van der Waals surface area contributed by atoms with Gasteiger partial charge in [0.2, 0.25) is 10.0 Å². The zero-order chi connectivity index (χ0) is 17.9. The van der Waals surface area contributed by atoms with Gasteiger partial charge in [0, 0.05) is 37.3 Å². The molecule has 2 aliphatic rings. The van der Waals surface area contributed by atoms with Gasteiger partial charge in [0.05, 0.1) is 10.7 Å². The molecule has 1 saturated heterocycles. The number of sulfonamides is 1. The first kappa shape index (κ1) is 16.1. The molecule has 0 N–H and O–H groups in total. The molecule has 3 aromatic rings. The summed E-state index contributed by atoms with van der Waals surface area (Å²) in [6, 6.07) is 14.7. The summed E-state index contributed by atoms with van der Waals surface area (Å²) in [5.41, 5.74) is 2.25. The van der Waals surface area contributed by atoms with Crippen molar-refractivity contribution in [2.75, 3.05) is 13.1 Å². The standard InChI is InChI=1S/C19H16ClN3O2S/c20-16-6-2-4-8-18(16)26(24,25)22-11-14-13-5-1-3-7-17(13)23-10-9-21-19(23)15(14)12-22/h1-10,14-15H,11-12H2/t14-,15-/m0/s1. The molecule has 5 rings (SSSR count). The zero-order valence-electron chi connectivity index (χ0n) is 13.8. The normalized spacial score (nSPS) is 21.9. The topological polar surface area (TPSA) is 55.2 Å². The van der Waals surface area contributed by atoms with Gasteiger partial charge in [-0.05, 0) is 23.8 Å². The molecule has 1 fully saturated rings. The Bertz CT molecular complexity index is 1110. The molecule has 2 aliphatic heterocycles. The molecule has 0 spiro atoms. The van der Waals surface area contributed by atoms with Crippen LogP contribution in [-0.2, 0) is 10.0 Å². The van der Waals surface area contributed by atoms with Crippen LogP contribution in [0.25, 0.3) is 5.69 Å². The molecule has 0 unspecified atom stereocenters. The first-order chi connectivity index (χ1) is 12.6. The van der Waals surface area contributed by atoms with Gasteiger partial charge in [-0.3, -0.25) is 0 Å². The number of fused-ring (bicyclic) bond motifs is 6. The molecule has 132 valence electrons. The Morgan fingerprint density at radius 1 is 1.00 bits per heavy atom. The van der Waals surface area contributed by atoms with Crippen LogP contribution in [0.1, 0.15) is 23.2 Å². The van der Waals surface area contributed by atoms with Crippen LogP contribution < -0.4 is 0 Å². The first-order valence-corrected chi connectivity index (χ1v) is 10.3. The average molecular weight is 386 g/mol. The number of benzene rings is 2. The molecule has 26 heavy (non-hydrogen) atoms. The van der Waals surface area contributed by atoms with Crippen molar-refractivity contribution in [3.63, 3.8) is 0 Å². The van der Waals surface area contributed by atoms with E-state index in [0.717, 1.165) is 11.5 Å². The highest BCUT2D eigenvalue weighted by molar-refractivity contribution is 7.89. The number of nitrogens with zero attached hydrogens (tertiary/aromatic N) is 3. The van der Waals surface area contributed by atoms with Crippen molar-refractivity contribution in [1.82, 2.24) is 13.9 Å². The van der Waals surface area contributed by atoms with E-state index in [1.165, 1.54) is 5.56 Å². The van der Waals surface area contributed by atoms with Gasteiger partial charge in [-0.2, -0.15) is 4.31 Å². The largest absolute Gasteiger partial charge is 0.303 e. The second-order valence-corrected chi connectivity index (χ2v) is 8.99. The molecule has 3 heterocycles. The average Bonchev–Trinajstić information content (AvgIpc) is 3.29. The van der Waals surface area contributed by atoms with E-state index in [1.54, 1.807) is 34.8 Å². The van der Waals surface area contributed by atoms with Crippen molar-refractivity contribution < 1.29 is 8.42 Å². The number of hydrogen-bond acceptors (Lipinski definition) is 3. The van der Waals surface area contributed by atoms with Crippen LogP contribution in [0.5, 0.6) is 0 Å². The van der Waals surface area contributed by atoms with Crippen molar-refractivity contribution in [2.45, 2.75) is 16.7 Å². The van der Waals surface area contributed by atoms with Crippen LogP contribution in [0.4, 0.5) is 0 Å². The second-order valence-electron chi connectivity index (χ2n) is 6.68. The molecule has 1 aromatic heterocycles. The van der Waals surface area contributed by atoms with Gasteiger partial charge in [0.1, 0.15) is 10.7 Å². The van der Waals surface area contributed by atoms with Crippen LogP contribution in [-0.4, -0.2) is 35.4 Å². The minimum absolute atomic E-state index is 0.0390. The third kappa shape index (κ3) is 2.19. The van der Waals surface area contributed by atoms with E-state index >= 15 is 0 Å². The van der Waals surface area contributed by atoms with Crippen LogP contribution in [0.15, 0.2) is 65.8 Å². The molecular formula is C19H16ClN3O2S. The maximum Gasteiger partial charge on any atom is 0.244 e. The number of halogens is 1. The van der Waals surface area contributed by atoms with Crippen LogP contribution >= 0.6 is 11.6 Å². The van der Waals surface area contributed by atoms with Gasteiger partial charge < -0.3 is 4.57 Å². The minimum atomic E-state index is -3.65. The number of imidazole rings is 1. The summed E-state index contributed by atoms with van der Waals surface area (Å²) < 4.78 is 30.0. The van der Waals surface area contributed by atoms with Gasteiger partial charge in [-0.15, -0.1) is 0 Å². The first-order valence-electron chi connectivity index (χ1n) is 8.44. The third-order valence-electron chi connectivity index (χ3n) is 5.34. The maximum absolute atomic E-state index is 13.2. The summed E-state index contributed by atoms with van der Waals surface area (Å²) in [6.45, 7) is 0.839. The number of para-hydroxylation sites is 1. The molecule has 0 bridgehead atoms. The fraction of sp³-hybridized carbons (Fsp3) is 0.211. The Morgan fingerprint density at radius 2 is 1.73 bits per heavy atom. The molecule has 7 heteroatoms. The van der Waals surface area contributed by atoms with Crippen LogP contribution in [0.2, 0.25) is 5.02 Å². The van der Waals surface area contributed by atoms with Crippen molar-refractivity contribution >= 4 is 21.6 Å². The molecule has 2 atom stereocenters. The fourth-order valence-electron chi connectivity index (χ4n) is 4.15. The van der Waals surface area contributed by atoms with Crippen molar-refractivity contribution in [1.29, 1.82) is 0 Å². The number of rotatable bonds is 2.